The number of rotatable bonds is 4. The molecule has 2 N–H and O–H groups in total. The van der Waals surface area contributed by atoms with Gasteiger partial charge in [0.2, 0.25) is 11.9 Å². The molecule has 0 saturated heterocycles. The van der Waals surface area contributed by atoms with Gasteiger partial charge in [0.05, 0.1) is 13.1 Å². The second kappa shape index (κ2) is 5.39. The molecule has 0 saturated carbocycles. The quantitative estimate of drug-likeness (QED) is 0.648. The second-order valence-corrected chi connectivity index (χ2v) is 2.25. The highest BCUT2D eigenvalue weighted by Gasteiger charge is 1.97. The van der Waals surface area contributed by atoms with Crippen molar-refractivity contribution >= 4 is 11.9 Å². The highest BCUT2D eigenvalue weighted by molar-refractivity contribution is 5.34. The molecule has 0 atom stereocenters. The van der Waals surface area contributed by atoms with Gasteiger partial charge in [0.15, 0.2) is 0 Å². The van der Waals surface area contributed by atoms with Gasteiger partial charge in [-0.05, 0) is 0 Å². The summed E-state index contributed by atoms with van der Waals surface area (Å²) in [5.74, 6) is 5.69. The fraction of sp³-hybridized carbons (Fsp3) is 0.222. The SMILES string of the molecule is C#CCNc1ncnc(NCC#C)n1. The van der Waals surface area contributed by atoms with Crippen LogP contribution in [-0.2, 0) is 0 Å². The van der Waals surface area contributed by atoms with Crippen LogP contribution in [0.3, 0.4) is 0 Å². The first-order chi connectivity index (χ1) is 6.86. The van der Waals surface area contributed by atoms with Crippen molar-refractivity contribution in [3.8, 4) is 24.7 Å². The average molecular weight is 187 g/mol. The summed E-state index contributed by atoms with van der Waals surface area (Å²) in [6.07, 6.45) is 11.5. The van der Waals surface area contributed by atoms with Crippen LogP contribution in [0.1, 0.15) is 0 Å². The van der Waals surface area contributed by atoms with E-state index in [0.29, 0.717) is 25.0 Å². The summed E-state index contributed by atoms with van der Waals surface area (Å²) in [6, 6.07) is 0. The molecule has 5 nitrogen and oxygen atoms in total. The molecule has 0 aliphatic carbocycles. The minimum absolute atomic E-state index is 0.374. The van der Waals surface area contributed by atoms with E-state index in [1.807, 2.05) is 0 Å². The van der Waals surface area contributed by atoms with E-state index in [0.717, 1.165) is 0 Å². The Balaban J connectivity index is 2.61. The number of hydrogen-bond donors (Lipinski definition) is 2. The Hall–Kier alpha value is -2.27. The van der Waals surface area contributed by atoms with E-state index in [-0.39, 0.29) is 0 Å². The predicted octanol–water partition coefficient (Wildman–Crippen LogP) is -0.0382. The Morgan fingerprint density at radius 2 is 1.57 bits per heavy atom. The van der Waals surface area contributed by atoms with Gasteiger partial charge in [-0.15, -0.1) is 12.8 Å². The molecule has 1 aromatic rings. The smallest absolute Gasteiger partial charge is 0.228 e. The zero-order valence-corrected chi connectivity index (χ0v) is 7.49. The lowest BCUT2D eigenvalue weighted by Gasteiger charge is -2.02. The van der Waals surface area contributed by atoms with E-state index in [1.165, 1.54) is 6.33 Å². The van der Waals surface area contributed by atoms with Gasteiger partial charge in [0.1, 0.15) is 6.33 Å². The Kier molecular flexibility index (Phi) is 3.78. The fourth-order valence-corrected chi connectivity index (χ4v) is 0.727. The third-order valence-electron chi connectivity index (χ3n) is 1.27. The zero-order valence-electron chi connectivity index (χ0n) is 7.49. The zero-order chi connectivity index (χ0) is 10.2. The van der Waals surface area contributed by atoms with Crippen LogP contribution in [0.25, 0.3) is 0 Å². The summed E-state index contributed by atoms with van der Waals surface area (Å²) in [7, 11) is 0. The number of anilines is 2. The number of nitrogens with one attached hydrogen (secondary N) is 2. The van der Waals surface area contributed by atoms with Gasteiger partial charge in [-0.3, -0.25) is 0 Å². The highest BCUT2D eigenvalue weighted by Crippen LogP contribution is 1.99. The van der Waals surface area contributed by atoms with Crippen molar-refractivity contribution in [3.63, 3.8) is 0 Å². The van der Waals surface area contributed by atoms with Crippen molar-refractivity contribution in [3.05, 3.63) is 6.33 Å². The van der Waals surface area contributed by atoms with Gasteiger partial charge in [0, 0.05) is 0 Å². The van der Waals surface area contributed by atoms with Crippen LogP contribution in [0.15, 0.2) is 6.33 Å². The van der Waals surface area contributed by atoms with Crippen molar-refractivity contribution in [1.29, 1.82) is 0 Å². The van der Waals surface area contributed by atoms with Crippen molar-refractivity contribution < 1.29 is 0 Å². The van der Waals surface area contributed by atoms with Crippen LogP contribution in [-0.4, -0.2) is 28.0 Å². The molecule has 0 aromatic carbocycles. The lowest BCUT2D eigenvalue weighted by Crippen LogP contribution is -2.08. The topological polar surface area (TPSA) is 62.7 Å². The standard InChI is InChI=1S/C9H9N5/c1-3-5-10-8-12-7-13-9(14-8)11-6-4-2/h1-2,7H,5-6H2,(H2,10,11,12,13,14). The summed E-state index contributed by atoms with van der Waals surface area (Å²) in [6.45, 7) is 0.747. The van der Waals surface area contributed by atoms with Crippen molar-refractivity contribution in [2.45, 2.75) is 0 Å². The second-order valence-electron chi connectivity index (χ2n) is 2.25. The van der Waals surface area contributed by atoms with Gasteiger partial charge in [-0.2, -0.15) is 4.98 Å². The molecule has 0 aliphatic rings. The molecule has 1 heterocycles. The molecule has 0 bridgehead atoms. The molecule has 0 aliphatic heterocycles. The van der Waals surface area contributed by atoms with Gasteiger partial charge in [-0.25, -0.2) is 9.97 Å². The van der Waals surface area contributed by atoms with E-state index in [9.17, 15) is 0 Å². The normalized spacial score (nSPS) is 8.43. The van der Waals surface area contributed by atoms with Gasteiger partial charge in [-0.1, -0.05) is 11.8 Å². The molecule has 0 spiro atoms. The number of aromatic nitrogens is 3. The van der Waals surface area contributed by atoms with Gasteiger partial charge in [0.25, 0.3) is 0 Å². The molecule has 1 rings (SSSR count). The Bertz CT molecular complexity index is 340. The average Bonchev–Trinajstić information content (AvgIpc) is 2.24. The molecule has 0 amide bonds. The monoisotopic (exact) mass is 187 g/mol. The maximum absolute atomic E-state index is 5.07. The van der Waals surface area contributed by atoms with Gasteiger partial charge < -0.3 is 10.6 Å². The van der Waals surface area contributed by atoms with Crippen LogP contribution in [0.5, 0.6) is 0 Å². The lowest BCUT2D eigenvalue weighted by molar-refractivity contribution is 1.03. The molecule has 0 fully saturated rings. The van der Waals surface area contributed by atoms with E-state index in [2.05, 4.69) is 37.4 Å². The lowest BCUT2D eigenvalue weighted by atomic mass is 10.6. The minimum atomic E-state index is 0.374. The van der Waals surface area contributed by atoms with Crippen LogP contribution in [0.4, 0.5) is 11.9 Å². The van der Waals surface area contributed by atoms with E-state index in [4.69, 9.17) is 12.8 Å². The predicted molar refractivity (Wildman–Crippen MR) is 54.5 cm³/mol. The highest BCUT2D eigenvalue weighted by atomic mass is 15.2. The summed E-state index contributed by atoms with van der Waals surface area (Å²) < 4.78 is 0. The molecule has 0 unspecified atom stereocenters. The first-order valence-electron chi connectivity index (χ1n) is 3.90. The Labute approximate surface area is 82.4 Å². The first-order valence-corrected chi connectivity index (χ1v) is 3.90. The van der Waals surface area contributed by atoms with E-state index in [1.54, 1.807) is 0 Å². The molecule has 5 heteroatoms. The Morgan fingerprint density at radius 3 is 2.00 bits per heavy atom. The molecule has 70 valence electrons. The largest absolute Gasteiger partial charge is 0.343 e. The van der Waals surface area contributed by atoms with Crippen LogP contribution < -0.4 is 10.6 Å². The number of hydrogen-bond acceptors (Lipinski definition) is 5. The summed E-state index contributed by atoms with van der Waals surface area (Å²) in [5, 5.41) is 5.64. The van der Waals surface area contributed by atoms with Crippen LogP contribution >= 0.6 is 0 Å². The number of terminal acetylenes is 2. The van der Waals surface area contributed by atoms with Crippen molar-refractivity contribution in [1.82, 2.24) is 15.0 Å². The molecule has 14 heavy (non-hydrogen) atoms. The van der Waals surface area contributed by atoms with Crippen LogP contribution in [0, 0.1) is 24.7 Å². The van der Waals surface area contributed by atoms with Crippen molar-refractivity contribution in [2.24, 2.45) is 0 Å². The molecular weight excluding hydrogens is 178 g/mol. The third kappa shape index (κ3) is 3.00. The van der Waals surface area contributed by atoms with E-state index < -0.39 is 0 Å². The van der Waals surface area contributed by atoms with Gasteiger partial charge >= 0.3 is 0 Å². The summed E-state index contributed by atoms with van der Waals surface area (Å²) in [4.78, 5) is 11.7. The fourth-order valence-electron chi connectivity index (χ4n) is 0.727. The van der Waals surface area contributed by atoms with Crippen molar-refractivity contribution in [2.75, 3.05) is 23.7 Å². The summed E-state index contributed by atoms with van der Waals surface area (Å²) >= 11 is 0. The number of nitrogens with zero attached hydrogens (tertiary/aromatic N) is 3. The molecular formula is C9H9N5. The molecule has 1 aromatic heterocycles. The maximum Gasteiger partial charge on any atom is 0.228 e. The van der Waals surface area contributed by atoms with Crippen LogP contribution in [0.2, 0.25) is 0 Å². The Morgan fingerprint density at radius 1 is 1.07 bits per heavy atom. The molecule has 0 radical (unpaired) electrons. The maximum atomic E-state index is 5.07. The summed E-state index contributed by atoms with van der Waals surface area (Å²) in [5.41, 5.74) is 0. The minimum Gasteiger partial charge on any atom is -0.343 e. The van der Waals surface area contributed by atoms with E-state index >= 15 is 0 Å². The third-order valence-corrected chi connectivity index (χ3v) is 1.27. The first kappa shape index (κ1) is 9.82.